The average molecular weight is 396 g/mol. The third kappa shape index (κ3) is 3.93. The molecule has 0 unspecified atom stereocenters. The lowest BCUT2D eigenvalue weighted by molar-refractivity contribution is -0.141. The van der Waals surface area contributed by atoms with Gasteiger partial charge in [-0.05, 0) is 37.3 Å². The maximum atomic E-state index is 13.4. The second-order valence-corrected chi connectivity index (χ2v) is 6.42. The van der Waals surface area contributed by atoms with Gasteiger partial charge in [-0.25, -0.2) is 15.0 Å². The first-order valence-corrected chi connectivity index (χ1v) is 8.59. The molecule has 0 bridgehead atoms. The first-order chi connectivity index (χ1) is 13.8. The van der Waals surface area contributed by atoms with Crippen LogP contribution in [0, 0.1) is 6.92 Å². The molecular weight excluding hydrogens is 381 g/mol. The molecule has 1 aromatic carbocycles. The van der Waals surface area contributed by atoms with Gasteiger partial charge in [-0.2, -0.15) is 13.2 Å². The number of nitrogen functional groups attached to an aromatic ring is 1. The minimum absolute atomic E-state index is 0.119. The van der Waals surface area contributed by atoms with E-state index in [1.54, 1.807) is 49.5 Å². The highest BCUT2D eigenvalue weighted by Crippen LogP contribution is 2.31. The van der Waals surface area contributed by atoms with Crippen LogP contribution in [-0.4, -0.2) is 24.5 Å². The predicted octanol–water partition coefficient (Wildman–Crippen LogP) is 4.30. The Bertz CT molecular complexity index is 1170. The Morgan fingerprint density at radius 3 is 2.45 bits per heavy atom. The summed E-state index contributed by atoms with van der Waals surface area (Å²) in [6.45, 7) is 1.79. The molecule has 0 saturated carbocycles. The quantitative estimate of drug-likeness (QED) is 0.522. The second-order valence-electron chi connectivity index (χ2n) is 6.42. The summed E-state index contributed by atoms with van der Waals surface area (Å²) >= 11 is 0. The average Bonchev–Trinajstić information content (AvgIpc) is 3.18. The van der Waals surface area contributed by atoms with Gasteiger partial charge in [-0.1, -0.05) is 12.1 Å². The normalized spacial score (nSPS) is 11.6. The lowest BCUT2D eigenvalue weighted by Gasteiger charge is -2.11. The summed E-state index contributed by atoms with van der Waals surface area (Å²) in [6, 6.07) is 11.3. The van der Waals surface area contributed by atoms with Crippen molar-refractivity contribution in [2.45, 2.75) is 13.1 Å². The van der Waals surface area contributed by atoms with Crippen molar-refractivity contribution < 1.29 is 13.2 Å². The number of anilines is 1. The lowest BCUT2D eigenvalue weighted by atomic mass is 10.1. The van der Waals surface area contributed by atoms with Crippen molar-refractivity contribution in [2.75, 3.05) is 5.73 Å². The monoisotopic (exact) mass is 396 g/mol. The fourth-order valence-corrected chi connectivity index (χ4v) is 2.74. The molecule has 4 rings (SSSR count). The molecule has 3 heterocycles. The molecule has 9 heteroatoms. The molecule has 29 heavy (non-hydrogen) atoms. The molecule has 0 amide bonds. The summed E-state index contributed by atoms with van der Waals surface area (Å²) in [5.41, 5.74) is 7.90. The highest BCUT2D eigenvalue weighted by molar-refractivity contribution is 5.64. The maximum absolute atomic E-state index is 13.4. The van der Waals surface area contributed by atoms with Crippen molar-refractivity contribution in [2.24, 2.45) is 0 Å². The molecule has 146 valence electrons. The molecule has 0 aliphatic rings. The number of aryl methyl sites for hydroxylation is 1. The molecule has 4 aromatic rings. The van der Waals surface area contributed by atoms with Crippen LogP contribution in [0.1, 0.15) is 11.4 Å². The first kappa shape index (κ1) is 18.6. The van der Waals surface area contributed by atoms with Crippen LogP contribution in [0.3, 0.4) is 0 Å². The van der Waals surface area contributed by atoms with Crippen molar-refractivity contribution in [1.82, 2.24) is 24.5 Å². The summed E-state index contributed by atoms with van der Waals surface area (Å²) in [6.07, 6.45) is -0.220. The fraction of sp³-hybridized carbons (Fsp3) is 0.100. The number of imidazole rings is 1. The van der Waals surface area contributed by atoms with Gasteiger partial charge < -0.3 is 5.73 Å². The molecule has 0 radical (unpaired) electrons. The molecule has 0 atom stereocenters. The van der Waals surface area contributed by atoms with Crippen molar-refractivity contribution in [1.29, 1.82) is 0 Å². The fourth-order valence-electron chi connectivity index (χ4n) is 2.74. The van der Waals surface area contributed by atoms with Gasteiger partial charge in [0.1, 0.15) is 6.33 Å². The maximum Gasteiger partial charge on any atom is 0.433 e. The summed E-state index contributed by atoms with van der Waals surface area (Å²) < 4.78 is 41.6. The van der Waals surface area contributed by atoms with Crippen molar-refractivity contribution in [3.63, 3.8) is 0 Å². The van der Waals surface area contributed by atoms with Gasteiger partial charge in [-0.15, -0.1) is 0 Å². The molecule has 6 nitrogen and oxygen atoms in total. The number of pyridine rings is 1. The number of hydrogen-bond donors (Lipinski definition) is 1. The van der Waals surface area contributed by atoms with E-state index in [2.05, 4.69) is 19.9 Å². The van der Waals surface area contributed by atoms with Gasteiger partial charge in [-0.3, -0.25) is 9.55 Å². The Morgan fingerprint density at radius 1 is 0.931 bits per heavy atom. The molecule has 3 aromatic heterocycles. The Labute approximate surface area is 163 Å². The number of aromatic nitrogens is 5. The van der Waals surface area contributed by atoms with Crippen molar-refractivity contribution in [3.05, 3.63) is 72.6 Å². The number of benzene rings is 1. The summed E-state index contributed by atoms with van der Waals surface area (Å²) in [5.74, 6) is -0.141. The summed E-state index contributed by atoms with van der Waals surface area (Å²) in [5, 5.41) is 0. The number of nitrogens with two attached hydrogens (primary N) is 1. The number of halogens is 3. The second kappa shape index (κ2) is 7.01. The van der Waals surface area contributed by atoms with E-state index >= 15 is 0 Å². The van der Waals surface area contributed by atoms with Crippen LogP contribution in [0.5, 0.6) is 0 Å². The lowest BCUT2D eigenvalue weighted by Crippen LogP contribution is -2.12. The predicted molar refractivity (Wildman–Crippen MR) is 102 cm³/mol. The van der Waals surface area contributed by atoms with Gasteiger partial charge in [0.05, 0.1) is 11.4 Å². The van der Waals surface area contributed by atoms with E-state index in [1.807, 2.05) is 0 Å². The number of hydrogen-bond acceptors (Lipinski definition) is 5. The minimum atomic E-state index is -4.62. The molecular formula is C20H15F3N6. The van der Waals surface area contributed by atoms with E-state index < -0.39 is 11.9 Å². The van der Waals surface area contributed by atoms with Crippen molar-refractivity contribution >= 4 is 5.69 Å². The zero-order valence-electron chi connectivity index (χ0n) is 15.2. The third-order valence-electron chi connectivity index (χ3n) is 4.21. The Kier molecular flexibility index (Phi) is 4.50. The van der Waals surface area contributed by atoms with E-state index in [4.69, 9.17) is 5.73 Å². The summed E-state index contributed by atoms with van der Waals surface area (Å²) in [7, 11) is 0. The van der Waals surface area contributed by atoms with E-state index in [1.165, 1.54) is 17.1 Å². The standard InChI is InChI=1S/C20H15F3N6/c1-12-5-6-14(9-25-12)16-8-18(20(21,22)23)28-19(27-16)29-10-17(26-11-29)13-3-2-4-15(24)7-13/h2-11H,24H2,1H3. The van der Waals surface area contributed by atoms with Gasteiger partial charge in [0, 0.05) is 34.9 Å². The van der Waals surface area contributed by atoms with Crippen LogP contribution in [0.25, 0.3) is 28.5 Å². The Balaban J connectivity index is 1.81. The molecule has 0 aliphatic heterocycles. The van der Waals surface area contributed by atoms with Crippen LogP contribution in [0.2, 0.25) is 0 Å². The van der Waals surface area contributed by atoms with Gasteiger partial charge >= 0.3 is 6.18 Å². The Hall–Kier alpha value is -3.75. The van der Waals surface area contributed by atoms with Crippen LogP contribution in [0.15, 0.2) is 61.2 Å². The van der Waals surface area contributed by atoms with E-state index in [0.29, 0.717) is 16.9 Å². The molecule has 0 saturated heterocycles. The summed E-state index contributed by atoms with van der Waals surface area (Å²) in [4.78, 5) is 16.3. The first-order valence-electron chi connectivity index (χ1n) is 8.59. The van der Waals surface area contributed by atoms with E-state index in [0.717, 1.165) is 17.3 Å². The van der Waals surface area contributed by atoms with Gasteiger partial charge in [0.2, 0.25) is 5.95 Å². The number of rotatable bonds is 3. The van der Waals surface area contributed by atoms with Crippen LogP contribution in [-0.2, 0) is 6.18 Å². The van der Waals surface area contributed by atoms with E-state index in [9.17, 15) is 13.2 Å². The molecule has 0 fully saturated rings. The highest BCUT2D eigenvalue weighted by Gasteiger charge is 2.34. The zero-order valence-corrected chi connectivity index (χ0v) is 15.2. The largest absolute Gasteiger partial charge is 0.433 e. The number of alkyl halides is 3. The van der Waals surface area contributed by atoms with Crippen molar-refractivity contribution in [3.8, 4) is 28.5 Å². The molecule has 0 spiro atoms. The van der Waals surface area contributed by atoms with Crippen LogP contribution in [0.4, 0.5) is 18.9 Å². The van der Waals surface area contributed by atoms with Crippen LogP contribution < -0.4 is 5.73 Å². The zero-order chi connectivity index (χ0) is 20.6. The molecule has 0 aliphatic carbocycles. The Morgan fingerprint density at radius 2 is 1.76 bits per heavy atom. The minimum Gasteiger partial charge on any atom is -0.399 e. The van der Waals surface area contributed by atoms with Gasteiger partial charge in [0.25, 0.3) is 0 Å². The van der Waals surface area contributed by atoms with Gasteiger partial charge in [0.15, 0.2) is 5.69 Å². The van der Waals surface area contributed by atoms with E-state index in [-0.39, 0.29) is 11.6 Å². The molecule has 2 N–H and O–H groups in total. The topological polar surface area (TPSA) is 82.5 Å². The van der Waals surface area contributed by atoms with Crippen LogP contribution >= 0.6 is 0 Å². The number of nitrogens with zero attached hydrogens (tertiary/aromatic N) is 5. The SMILES string of the molecule is Cc1ccc(-c2cc(C(F)(F)F)nc(-n3cnc(-c4cccc(N)c4)c3)n2)cn1. The highest BCUT2D eigenvalue weighted by atomic mass is 19.4. The smallest absolute Gasteiger partial charge is 0.399 e. The third-order valence-corrected chi connectivity index (χ3v) is 4.21.